The first-order valence-electron chi connectivity index (χ1n) is 12.4. The molecule has 0 radical (unpaired) electrons. The van der Waals surface area contributed by atoms with Gasteiger partial charge in [-0.2, -0.15) is 0 Å². The molecule has 0 atom stereocenters. The molecule has 6 heteroatoms. The summed E-state index contributed by atoms with van der Waals surface area (Å²) in [6, 6.07) is 18.9. The minimum Gasteiger partial charge on any atom is -0.494 e. The van der Waals surface area contributed by atoms with Gasteiger partial charge in [0.15, 0.2) is 5.13 Å². The van der Waals surface area contributed by atoms with Crippen molar-refractivity contribution in [2.75, 3.05) is 18.1 Å². The van der Waals surface area contributed by atoms with Crippen LogP contribution in [0.25, 0.3) is 11.3 Å². The first-order chi connectivity index (χ1) is 16.7. The number of anilines is 1. The molecule has 1 aromatic heterocycles. The third kappa shape index (κ3) is 7.59. The Labute approximate surface area is 207 Å². The summed E-state index contributed by atoms with van der Waals surface area (Å²) in [6.45, 7) is 5.21. The number of ether oxygens (including phenoxy) is 1. The van der Waals surface area contributed by atoms with Gasteiger partial charge in [-0.3, -0.25) is 4.79 Å². The van der Waals surface area contributed by atoms with Crippen molar-refractivity contribution in [3.8, 4) is 17.0 Å². The normalized spacial score (nSPS) is 13.2. The fraction of sp³-hybridized carbons (Fsp3) is 0.429. The fourth-order valence-corrected chi connectivity index (χ4v) is 5.16. The van der Waals surface area contributed by atoms with Crippen molar-refractivity contribution in [3.05, 3.63) is 65.5 Å². The second-order valence-electron chi connectivity index (χ2n) is 8.25. The zero-order valence-electron chi connectivity index (χ0n) is 20.3. The van der Waals surface area contributed by atoms with Gasteiger partial charge in [0.2, 0.25) is 0 Å². The van der Waals surface area contributed by atoms with Crippen molar-refractivity contribution in [1.82, 2.24) is 4.98 Å². The van der Waals surface area contributed by atoms with Gasteiger partial charge in [-0.25, -0.2) is 4.98 Å². The number of carbonyl (C=O) groups is 1. The molecule has 0 unspecified atom stereocenters. The molecule has 3 aromatic rings. The molecule has 1 aliphatic rings. The van der Waals surface area contributed by atoms with Gasteiger partial charge in [0, 0.05) is 23.5 Å². The molecular weight excluding hydrogens is 444 g/mol. The number of thiazole rings is 1. The smallest absolute Gasteiger partial charge is 0.305 e. The summed E-state index contributed by atoms with van der Waals surface area (Å²) in [5, 5.41) is 12.1. The fourth-order valence-electron chi connectivity index (χ4n) is 4.23. The van der Waals surface area contributed by atoms with Crippen LogP contribution in [0.3, 0.4) is 0 Å². The van der Waals surface area contributed by atoms with E-state index in [0.29, 0.717) is 19.2 Å². The zero-order chi connectivity index (χ0) is 24.2. The van der Waals surface area contributed by atoms with Crippen LogP contribution < -0.4 is 9.64 Å². The highest BCUT2D eigenvalue weighted by Crippen LogP contribution is 2.33. The van der Waals surface area contributed by atoms with Gasteiger partial charge in [0.25, 0.3) is 0 Å². The predicted molar refractivity (Wildman–Crippen MR) is 141 cm³/mol. The lowest BCUT2D eigenvalue weighted by atomic mass is 10.1. The molecule has 1 saturated carbocycles. The van der Waals surface area contributed by atoms with Crippen LogP contribution in [-0.2, 0) is 11.2 Å². The van der Waals surface area contributed by atoms with Crippen LogP contribution in [0, 0.1) is 0 Å². The lowest BCUT2D eigenvalue weighted by molar-refractivity contribution is -0.136. The molecule has 0 amide bonds. The van der Waals surface area contributed by atoms with Gasteiger partial charge in [0.1, 0.15) is 5.75 Å². The molecule has 2 aromatic carbocycles. The Morgan fingerprint density at radius 1 is 1.09 bits per heavy atom. The van der Waals surface area contributed by atoms with Crippen LogP contribution in [0.15, 0.2) is 60.0 Å². The molecule has 0 aliphatic heterocycles. The van der Waals surface area contributed by atoms with Crippen LogP contribution in [0.2, 0.25) is 0 Å². The number of nitrogens with zero attached hydrogens (tertiary/aromatic N) is 2. The van der Waals surface area contributed by atoms with Crippen molar-refractivity contribution in [2.45, 2.75) is 64.8 Å². The van der Waals surface area contributed by atoms with Crippen LogP contribution in [0.5, 0.6) is 5.75 Å². The number of benzene rings is 2. The molecule has 1 N–H and O–H groups in total. The van der Waals surface area contributed by atoms with Crippen molar-refractivity contribution in [1.29, 1.82) is 0 Å². The molecule has 1 fully saturated rings. The lowest BCUT2D eigenvalue weighted by Crippen LogP contribution is -2.35. The van der Waals surface area contributed by atoms with Gasteiger partial charge in [-0.1, -0.05) is 57.0 Å². The molecule has 1 heterocycles. The molecular formula is C28H36N2O3S. The van der Waals surface area contributed by atoms with E-state index in [9.17, 15) is 4.79 Å². The van der Waals surface area contributed by atoms with E-state index in [1.165, 1.54) is 18.4 Å². The van der Waals surface area contributed by atoms with E-state index >= 15 is 0 Å². The number of aliphatic carboxylic acids is 1. The SMILES string of the molecule is CC.O=C(O)CCN(c1nc(-c2ccc(OCCCc3ccccc3)cc2)cs1)C1CCCC1. The highest BCUT2D eigenvalue weighted by molar-refractivity contribution is 7.14. The second-order valence-corrected chi connectivity index (χ2v) is 9.09. The number of aryl methyl sites for hydroxylation is 1. The maximum atomic E-state index is 11.1. The van der Waals surface area contributed by atoms with Crippen LogP contribution in [0.1, 0.15) is 57.9 Å². The minimum atomic E-state index is -0.760. The Balaban J connectivity index is 0.00000158. The number of aromatic nitrogens is 1. The number of carboxylic acid groups (broad SMARTS) is 1. The third-order valence-electron chi connectivity index (χ3n) is 5.94. The molecule has 1 aliphatic carbocycles. The van der Waals surface area contributed by atoms with E-state index in [2.05, 4.69) is 34.5 Å². The summed E-state index contributed by atoms with van der Waals surface area (Å²) in [7, 11) is 0. The molecule has 0 saturated heterocycles. The predicted octanol–water partition coefficient (Wildman–Crippen LogP) is 7.07. The Hall–Kier alpha value is -2.86. The van der Waals surface area contributed by atoms with E-state index in [-0.39, 0.29) is 6.42 Å². The lowest BCUT2D eigenvalue weighted by Gasteiger charge is -2.28. The molecule has 0 spiro atoms. The number of hydrogen-bond acceptors (Lipinski definition) is 5. The third-order valence-corrected chi connectivity index (χ3v) is 6.82. The number of carboxylic acids is 1. The Morgan fingerprint density at radius 3 is 2.47 bits per heavy atom. The van der Waals surface area contributed by atoms with E-state index < -0.39 is 5.97 Å². The molecule has 182 valence electrons. The summed E-state index contributed by atoms with van der Waals surface area (Å²) in [5.74, 6) is 0.107. The van der Waals surface area contributed by atoms with Gasteiger partial charge < -0.3 is 14.7 Å². The first kappa shape index (κ1) is 25.8. The second kappa shape index (κ2) is 13.8. The van der Waals surface area contributed by atoms with Gasteiger partial charge in [0.05, 0.1) is 18.7 Å². The largest absolute Gasteiger partial charge is 0.494 e. The van der Waals surface area contributed by atoms with Crippen LogP contribution in [-0.4, -0.2) is 35.3 Å². The topological polar surface area (TPSA) is 62.7 Å². The van der Waals surface area contributed by atoms with Crippen molar-refractivity contribution in [2.24, 2.45) is 0 Å². The van der Waals surface area contributed by atoms with Crippen LogP contribution >= 0.6 is 11.3 Å². The van der Waals surface area contributed by atoms with E-state index in [4.69, 9.17) is 14.8 Å². The van der Waals surface area contributed by atoms with E-state index in [0.717, 1.165) is 47.8 Å². The van der Waals surface area contributed by atoms with E-state index in [1.807, 2.05) is 44.2 Å². The summed E-state index contributed by atoms with van der Waals surface area (Å²) in [6.07, 6.45) is 6.78. The van der Waals surface area contributed by atoms with Crippen LogP contribution in [0.4, 0.5) is 5.13 Å². The molecule has 4 rings (SSSR count). The Kier molecular flexibility index (Phi) is 10.4. The van der Waals surface area contributed by atoms with Crippen molar-refractivity contribution >= 4 is 22.4 Å². The van der Waals surface area contributed by atoms with Gasteiger partial charge in [-0.05, 0) is 55.5 Å². The number of hydrogen-bond donors (Lipinski definition) is 1. The summed E-state index contributed by atoms with van der Waals surface area (Å²) in [4.78, 5) is 18.2. The van der Waals surface area contributed by atoms with Gasteiger partial charge >= 0.3 is 5.97 Å². The van der Waals surface area contributed by atoms with Crippen molar-refractivity contribution < 1.29 is 14.6 Å². The maximum absolute atomic E-state index is 11.1. The molecule has 34 heavy (non-hydrogen) atoms. The van der Waals surface area contributed by atoms with Crippen molar-refractivity contribution in [3.63, 3.8) is 0 Å². The van der Waals surface area contributed by atoms with Gasteiger partial charge in [-0.15, -0.1) is 11.3 Å². The average molecular weight is 481 g/mol. The Bertz CT molecular complexity index is 982. The highest BCUT2D eigenvalue weighted by atomic mass is 32.1. The average Bonchev–Trinajstić information content (AvgIpc) is 3.58. The monoisotopic (exact) mass is 480 g/mol. The zero-order valence-corrected chi connectivity index (χ0v) is 21.1. The molecule has 5 nitrogen and oxygen atoms in total. The number of rotatable bonds is 11. The maximum Gasteiger partial charge on any atom is 0.305 e. The van der Waals surface area contributed by atoms with E-state index in [1.54, 1.807) is 11.3 Å². The Morgan fingerprint density at radius 2 is 1.79 bits per heavy atom. The quantitative estimate of drug-likeness (QED) is 0.297. The minimum absolute atomic E-state index is 0.141. The summed E-state index contributed by atoms with van der Waals surface area (Å²) in [5.41, 5.74) is 3.31. The first-order valence-corrected chi connectivity index (χ1v) is 13.3. The highest BCUT2D eigenvalue weighted by Gasteiger charge is 2.25. The molecule has 0 bridgehead atoms. The standard InChI is InChI=1S/C26H30N2O3S.C2H6/c29-25(30)16-17-28(22-10-4-5-11-22)26-27-24(19-32-26)21-12-14-23(15-13-21)31-18-6-9-20-7-2-1-3-8-20;1-2/h1-3,7-8,12-15,19,22H,4-6,9-11,16-18H2,(H,29,30);1-2H3. The summed E-state index contributed by atoms with van der Waals surface area (Å²) < 4.78 is 5.90. The summed E-state index contributed by atoms with van der Waals surface area (Å²) >= 11 is 1.60.